The molecule has 0 fully saturated rings. The predicted octanol–water partition coefficient (Wildman–Crippen LogP) is 7.26. The van der Waals surface area contributed by atoms with E-state index in [-0.39, 0.29) is 22.9 Å². The number of nitro groups is 1. The largest absolute Gasteiger partial charge is 0.489 e. The van der Waals surface area contributed by atoms with E-state index in [1.54, 1.807) is 54.6 Å². The zero-order chi connectivity index (χ0) is 28.5. The van der Waals surface area contributed by atoms with Crippen LogP contribution in [0.4, 0.5) is 11.4 Å². The van der Waals surface area contributed by atoms with Crippen molar-refractivity contribution >= 4 is 35.0 Å². The van der Waals surface area contributed by atoms with Crippen LogP contribution in [0.5, 0.6) is 11.5 Å². The summed E-state index contributed by atoms with van der Waals surface area (Å²) in [5.41, 5.74) is 3.92. The van der Waals surface area contributed by atoms with E-state index < -0.39 is 10.8 Å². The van der Waals surface area contributed by atoms with Crippen molar-refractivity contribution < 1.29 is 19.2 Å². The molecule has 1 N–H and O–H groups in total. The van der Waals surface area contributed by atoms with Crippen molar-refractivity contribution in [2.45, 2.75) is 20.1 Å². The first-order valence-electron chi connectivity index (χ1n) is 12.2. The number of nitro benzene ring substituents is 1. The number of halogens is 1. The summed E-state index contributed by atoms with van der Waals surface area (Å²) in [6.07, 6.45) is 1.43. The van der Waals surface area contributed by atoms with Gasteiger partial charge >= 0.3 is 0 Å². The number of hydrogen-bond acceptors (Lipinski definition) is 6. The Balaban J connectivity index is 1.34. The highest BCUT2D eigenvalue weighted by Gasteiger charge is 2.11. The molecule has 0 saturated carbocycles. The lowest BCUT2D eigenvalue weighted by molar-refractivity contribution is -0.384. The van der Waals surface area contributed by atoms with E-state index in [9.17, 15) is 20.2 Å². The zero-order valence-corrected chi connectivity index (χ0v) is 22.2. The van der Waals surface area contributed by atoms with Gasteiger partial charge in [0.2, 0.25) is 0 Å². The van der Waals surface area contributed by atoms with E-state index in [4.69, 9.17) is 21.1 Å². The number of anilines is 1. The molecule has 0 bridgehead atoms. The van der Waals surface area contributed by atoms with Gasteiger partial charge in [-0.15, -0.1) is 0 Å². The summed E-state index contributed by atoms with van der Waals surface area (Å²) in [5.74, 6) is 0.482. The number of benzene rings is 4. The van der Waals surface area contributed by atoms with E-state index in [1.807, 2.05) is 37.3 Å². The third-order valence-electron chi connectivity index (χ3n) is 5.81. The van der Waals surface area contributed by atoms with Crippen LogP contribution in [-0.4, -0.2) is 10.8 Å². The number of nitrogens with one attached hydrogen (secondary N) is 1. The average molecular weight is 554 g/mol. The number of carbonyl (C=O) groups is 1. The lowest BCUT2D eigenvalue weighted by Gasteiger charge is -2.10. The maximum absolute atomic E-state index is 12.7. The molecule has 0 aliphatic rings. The van der Waals surface area contributed by atoms with Crippen molar-refractivity contribution in [1.82, 2.24) is 0 Å². The van der Waals surface area contributed by atoms with Gasteiger partial charge in [-0.1, -0.05) is 47.5 Å². The first-order valence-corrected chi connectivity index (χ1v) is 12.6. The number of rotatable bonds is 10. The normalized spacial score (nSPS) is 10.9. The molecule has 40 heavy (non-hydrogen) atoms. The maximum atomic E-state index is 12.7. The van der Waals surface area contributed by atoms with Gasteiger partial charge in [-0.25, -0.2) is 0 Å². The zero-order valence-electron chi connectivity index (χ0n) is 21.5. The van der Waals surface area contributed by atoms with Crippen LogP contribution in [0, 0.1) is 28.4 Å². The second kappa shape index (κ2) is 13.1. The molecule has 4 aromatic rings. The Bertz CT molecular complexity index is 1580. The summed E-state index contributed by atoms with van der Waals surface area (Å²) in [6.45, 7) is 2.62. The van der Waals surface area contributed by atoms with Gasteiger partial charge in [0.1, 0.15) is 36.4 Å². The molecule has 0 aromatic heterocycles. The Morgan fingerprint density at radius 3 is 2.17 bits per heavy atom. The maximum Gasteiger partial charge on any atom is 0.269 e. The van der Waals surface area contributed by atoms with Crippen LogP contribution >= 0.6 is 11.6 Å². The monoisotopic (exact) mass is 553 g/mol. The molecule has 0 heterocycles. The molecular weight excluding hydrogens is 530 g/mol. The number of nitriles is 1. The SMILES string of the molecule is Cc1ccc(COc2ccc(NC(=O)/C(C#N)=C/c3ccc(OCc4ccc([N+](=O)[O-])cc4)c(Cl)c3)cc2)cc1. The molecule has 0 radical (unpaired) electrons. The first kappa shape index (κ1) is 27.9. The van der Waals surface area contributed by atoms with Crippen molar-refractivity contribution in [2.75, 3.05) is 5.32 Å². The summed E-state index contributed by atoms with van der Waals surface area (Å²) < 4.78 is 11.5. The number of ether oxygens (including phenoxy) is 2. The molecule has 0 spiro atoms. The number of non-ortho nitro benzene ring substituents is 1. The van der Waals surface area contributed by atoms with Crippen LogP contribution in [0.1, 0.15) is 22.3 Å². The molecule has 9 heteroatoms. The molecule has 0 aliphatic carbocycles. The topological polar surface area (TPSA) is 114 Å². The van der Waals surface area contributed by atoms with Crippen LogP contribution in [0.3, 0.4) is 0 Å². The van der Waals surface area contributed by atoms with Gasteiger partial charge in [0.05, 0.1) is 9.95 Å². The fourth-order valence-corrected chi connectivity index (χ4v) is 3.84. The van der Waals surface area contributed by atoms with Gasteiger partial charge in [-0.2, -0.15) is 5.26 Å². The fraction of sp³-hybridized carbons (Fsp3) is 0.0968. The third-order valence-corrected chi connectivity index (χ3v) is 6.11. The number of amides is 1. The van der Waals surface area contributed by atoms with Crippen LogP contribution in [0.2, 0.25) is 5.02 Å². The van der Waals surface area contributed by atoms with Gasteiger partial charge in [-0.05, 0) is 78.2 Å². The quantitative estimate of drug-likeness (QED) is 0.0956. The summed E-state index contributed by atoms with van der Waals surface area (Å²) >= 11 is 6.35. The Morgan fingerprint density at radius 2 is 1.57 bits per heavy atom. The van der Waals surface area contributed by atoms with E-state index in [2.05, 4.69) is 5.32 Å². The van der Waals surface area contributed by atoms with Crippen molar-refractivity contribution in [1.29, 1.82) is 5.26 Å². The van der Waals surface area contributed by atoms with Gasteiger partial charge in [-0.3, -0.25) is 14.9 Å². The van der Waals surface area contributed by atoms with Gasteiger partial charge in [0, 0.05) is 17.8 Å². The third kappa shape index (κ3) is 7.69. The lowest BCUT2D eigenvalue weighted by atomic mass is 10.1. The number of hydrogen-bond donors (Lipinski definition) is 1. The van der Waals surface area contributed by atoms with Crippen LogP contribution in [0.15, 0.2) is 96.6 Å². The molecule has 0 saturated heterocycles. The summed E-state index contributed by atoms with van der Waals surface area (Å²) in [4.78, 5) is 23.0. The molecule has 0 aliphatic heterocycles. The van der Waals surface area contributed by atoms with Gasteiger partial charge < -0.3 is 14.8 Å². The average Bonchev–Trinajstić information content (AvgIpc) is 2.96. The lowest BCUT2D eigenvalue weighted by Crippen LogP contribution is -2.13. The molecule has 0 unspecified atom stereocenters. The molecule has 4 aromatic carbocycles. The first-order chi connectivity index (χ1) is 19.3. The van der Waals surface area contributed by atoms with Gasteiger partial charge in [0.15, 0.2) is 0 Å². The van der Waals surface area contributed by atoms with E-state index in [0.717, 1.165) is 11.1 Å². The van der Waals surface area contributed by atoms with Crippen molar-refractivity contribution in [3.05, 3.63) is 134 Å². The van der Waals surface area contributed by atoms with Crippen LogP contribution in [0.25, 0.3) is 6.08 Å². The summed E-state index contributed by atoms with van der Waals surface area (Å²) in [5, 5.41) is 23.3. The highest BCUT2D eigenvalue weighted by atomic mass is 35.5. The van der Waals surface area contributed by atoms with E-state index >= 15 is 0 Å². The predicted molar refractivity (Wildman–Crippen MR) is 153 cm³/mol. The Labute approximate surface area is 236 Å². The highest BCUT2D eigenvalue weighted by Crippen LogP contribution is 2.28. The number of aryl methyl sites for hydroxylation is 1. The fourth-order valence-electron chi connectivity index (χ4n) is 3.60. The summed E-state index contributed by atoms with van der Waals surface area (Å²) in [7, 11) is 0. The highest BCUT2D eigenvalue weighted by molar-refractivity contribution is 6.32. The molecule has 1 amide bonds. The van der Waals surface area contributed by atoms with Crippen molar-refractivity contribution in [3.63, 3.8) is 0 Å². The molecule has 8 nitrogen and oxygen atoms in total. The van der Waals surface area contributed by atoms with E-state index in [1.165, 1.54) is 23.8 Å². The Hall–Kier alpha value is -5.13. The molecular formula is C31H24ClN3O5. The Morgan fingerprint density at radius 1 is 0.950 bits per heavy atom. The minimum atomic E-state index is -0.564. The van der Waals surface area contributed by atoms with Gasteiger partial charge in [0.25, 0.3) is 11.6 Å². The second-order valence-corrected chi connectivity index (χ2v) is 9.23. The minimum absolute atomic E-state index is 0.00447. The summed E-state index contributed by atoms with van der Waals surface area (Å²) in [6, 6.07) is 27.8. The van der Waals surface area contributed by atoms with Crippen LogP contribution in [-0.2, 0) is 18.0 Å². The molecule has 200 valence electrons. The number of carbonyl (C=O) groups excluding carboxylic acids is 1. The smallest absolute Gasteiger partial charge is 0.269 e. The molecule has 0 atom stereocenters. The standard InChI is InChI=1S/C31H24ClN3O5/c1-21-2-4-22(5-3-21)19-39-28-13-9-26(10-14-28)34-31(36)25(18-33)16-24-8-15-30(29(32)17-24)40-20-23-6-11-27(12-7-23)35(37)38/h2-17H,19-20H2,1H3,(H,34,36)/b25-16+. The van der Waals surface area contributed by atoms with Crippen LogP contribution < -0.4 is 14.8 Å². The Kier molecular flexibility index (Phi) is 9.13. The van der Waals surface area contributed by atoms with Crippen molar-refractivity contribution in [3.8, 4) is 17.6 Å². The van der Waals surface area contributed by atoms with E-state index in [0.29, 0.717) is 29.4 Å². The van der Waals surface area contributed by atoms with Crippen molar-refractivity contribution in [2.24, 2.45) is 0 Å². The number of nitrogens with zero attached hydrogens (tertiary/aromatic N) is 2. The second-order valence-electron chi connectivity index (χ2n) is 8.82. The minimum Gasteiger partial charge on any atom is -0.489 e. The molecule has 4 rings (SSSR count).